The summed E-state index contributed by atoms with van der Waals surface area (Å²) in [5.41, 5.74) is 1.30. The Balaban J connectivity index is 1.71. The van der Waals surface area contributed by atoms with Gasteiger partial charge in [-0.15, -0.1) is 0 Å². The van der Waals surface area contributed by atoms with Crippen LogP contribution < -0.4 is 5.32 Å². The number of benzene rings is 2. The van der Waals surface area contributed by atoms with Crippen LogP contribution in [0.25, 0.3) is 22.4 Å². The number of aromatic nitrogens is 2. The Morgan fingerprint density at radius 3 is 2.32 bits per heavy atom. The number of ether oxygens (including phenoxy) is 1. The molecule has 196 valence electrons. The lowest BCUT2D eigenvalue weighted by Crippen LogP contribution is -2.43. The Morgan fingerprint density at radius 1 is 0.973 bits per heavy atom. The third kappa shape index (κ3) is 5.11. The van der Waals surface area contributed by atoms with Crippen molar-refractivity contribution in [2.45, 2.75) is 76.3 Å². The minimum absolute atomic E-state index is 0.00638. The SMILES string of the molecule is COC(=O)c1ccccc1-c1nc2cc(F)c(F)cc2n1C(C(=O)NC1CCCCC1)C1CCCCC1. The zero-order valence-corrected chi connectivity index (χ0v) is 21.1. The number of carbonyl (C=O) groups excluding carboxylic acids is 2. The highest BCUT2D eigenvalue weighted by Gasteiger charge is 2.36. The van der Waals surface area contributed by atoms with E-state index in [9.17, 15) is 18.4 Å². The number of hydrogen-bond acceptors (Lipinski definition) is 4. The lowest BCUT2D eigenvalue weighted by molar-refractivity contribution is -0.127. The van der Waals surface area contributed by atoms with E-state index in [4.69, 9.17) is 4.74 Å². The van der Waals surface area contributed by atoms with Gasteiger partial charge in [0.25, 0.3) is 0 Å². The normalized spacial score (nSPS) is 18.0. The summed E-state index contributed by atoms with van der Waals surface area (Å²) >= 11 is 0. The zero-order valence-electron chi connectivity index (χ0n) is 21.1. The number of amides is 1. The van der Waals surface area contributed by atoms with Crippen LogP contribution in [0, 0.1) is 17.6 Å². The van der Waals surface area contributed by atoms with E-state index < -0.39 is 23.6 Å². The first kappa shape index (κ1) is 25.4. The number of nitrogens with one attached hydrogen (secondary N) is 1. The van der Waals surface area contributed by atoms with E-state index in [1.807, 2.05) is 0 Å². The summed E-state index contributed by atoms with van der Waals surface area (Å²) in [5.74, 6) is -2.35. The van der Waals surface area contributed by atoms with Crippen LogP contribution in [0.15, 0.2) is 36.4 Å². The monoisotopic (exact) mass is 509 g/mol. The Bertz CT molecular complexity index is 1290. The van der Waals surface area contributed by atoms with Crippen molar-refractivity contribution in [1.82, 2.24) is 14.9 Å². The second kappa shape index (κ2) is 11.0. The van der Waals surface area contributed by atoms with Crippen molar-refractivity contribution in [2.75, 3.05) is 7.11 Å². The van der Waals surface area contributed by atoms with Crippen molar-refractivity contribution in [3.63, 3.8) is 0 Å². The van der Waals surface area contributed by atoms with Gasteiger partial charge in [-0.2, -0.15) is 0 Å². The molecule has 2 aliphatic carbocycles. The van der Waals surface area contributed by atoms with Crippen molar-refractivity contribution in [3.05, 3.63) is 53.6 Å². The van der Waals surface area contributed by atoms with Gasteiger partial charge in [0.1, 0.15) is 11.9 Å². The predicted molar refractivity (Wildman–Crippen MR) is 137 cm³/mol. The zero-order chi connectivity index (χ0) is 25.9. The van der Waals surface area contributed by atoms with Gasteiger partial charge in [-0.05, 0) is 37.7 Å². The molecule has 1 aromatic heterocycles. The standard InChI is InChI=1S/C29H33F2N3O3/c1-37-29(36)21-15-9-8-14-20(21)27-33-24-16-22(30)23(31)17-25(24)34(27)26(18-10-4-2-5-11-18)28(35)32-19-12-6-3-7-13-19/h8-9,14-19,26H,2-7,10-13H2,1H3,(H,32,35). The van der Waals surface area contributed by atoms with E-state index in [2.05, 4.69) is 10.3 Å². The maximum absolute atomic E-state index is 14.6. The number of imidazole rings is 1. The van der Waals surface area contributed by atoms with E-state index in [-0.39, 0.29) is 28.9 Å². The highest BCUT2D eigenvalue weighted by Crippen LogP contribution is 2.39. The van der Waals surface area contributed by atoms with Crippen LogP contribution >= 0.6 is 0 Å². The first-order valence-electron chi connectivity index (χ1n) is 13.3. The number of nitrogens with zero attached hydrogens (tertiary/aromatic N) is 2. The number of rotatable bonds is 6. The number of fused-ring (bicyclic) bond motifs is 1. The summed E-state index contributed by atoms with van der Waals surface area (Å²) in [4.78, 5) is 31.4. The van der Waals surface area contributed by atoms with Crippen LogP contribution in [-0.4, -0.2) is 34.6 Å². The van der Waals surface area contributed by atoms with E-state index in [0.29, 0.717) is 16.9 Å². The number of methoxy groups -OCH3 is 1. The fraction of sp³-hybridized carbons (Fsp3) is 0.483. The van der Waals surface area contributed by atoms with E-state index in [1.165, 1.54) is 13.5 Å². The molecule has 0 saturated heterocycles. The van der Waals surface area contributed by atoms with Crippen molar-refractivity contribution in [1.29, 1.82) is 0 Å². The molecule has 8 heteroatoms. The van der Waals surface area contributed by atoms with E-state index >= 15 is 0 Å². The van der Waals surface area contributed by atoms with E-state index in [0.717, 1.165) is 69.9 Å². The summed E-state index contributed by atoms with van der Waals surface area (Å²) in [6, 6.07) is 8.45. The molecule has 1 amide bonds. The molecule has 6 nitrogen and oxygen atoms in total. The molecule has 0 radical (unpaired) electrons. The van der Waals surface area contributed by atoms with Gasteiger partial charge in [0.15, 0.2) is 11.6 Å². The van der Waals surface area contributed by atoms with Crippen molar-refractivity contribution in [2.24, 2.45) is 5.92 Å². The third-order valence-corrected chi connectivity index (χ3v) is 7.90. The first-order chi connectivity index (χ1) is 18.0. The van der Waals surface area contributed by atoms with Crippen LogP contribution in [0.4, 0.5) is 8.78 Å². The van der Waals surface area contributed by atoms with Crippen LogP contribution in [-0.2, 0) is 9.53 Å². The van der Waals surface area contributed by atoms with Gasteiger partial charge in [0.05, 0.1) is 23.7 Å². The van der Waals surface area contributed by atoms with Gasteiger partial charge in [-0.1, -0.05) is 56.7 Å². The molecule has 1 unspecified atom stereocenters. The number of halogens is 2. The molecule has 5 rings (SSSR count). The highest BCUT2D eigenvalue weighted by molar-refractivity contribution is 5.98. The summed E-state index contributed by atoms with van der Waals surface area (Å²) in [5, 5.41) is 3.28. The molecule has 0 bridgehead atoms. The molecule has 2 aliphatic rings. The van der Waals surface area contributed by atoms with Crippen molar-refractivity contribution < 1.29 is 23.1 Å². The lowest BCUT2D eigenvalue weighted by atomic mass is 9.82. The molecule has 0 spiro atoms. The first-order valence-corrected chi connectivity index (χ1v) is 13.3. The number of carbonyl (C=O) groups is 2. The minimum Gasteiger partial charge on any atom is -0.465 e. The van der Waals surface area contributed by atoms with Crippen molar-refractivity contribution >= 4 is 22.9 Å². The quantitative estimate of drug-likeness (QED) is 0.394. The largest absolute Gasteiger partial charge is 0.465 e. The molecule has 37 heavy (non-hydrogen) atoms. The Morgan fingerprint density at radius 2 is 1.62 bits per heavy atom. The predicted octanol–water partition coefficient (Wildman–Crippen LogP) is 6.34. The van der Waals surface area contributed by atoms with Crippen LogP contribution in [0.2, 0.25) is 0 Å². The third-order valence-electron chi connectivity index (χ3n) is 7.90. The van der Waals surface area contributed by atoms with Gasteiger partial charge in [0, 0.05) is 23.7 Å². The average Bonchev–Trinajstić information content (AvgIpc) is 3.27. The van der Waals surface area contributed by atoms with Crippen LogP contribution in [0.1, 0.15) is 80.6 Å². The van der Waals surface area contributed by atoms with Gasteiger partial charge >= 0.3 is 5.97 Å². The molecule has 1 atom stereocenters. The van der Waals surface area contributed by atoms with Crippen molar-refractivity contribution in [3.8, 4) is 11.4 Å². The summed E-state index contributed by atoms with van der Waals surface area (Å²) in [7, 11) is 1.30. The maximum atomic E-state index is 14.6. The molecule has 0 aliphatic heterocycles. The van der Waals surface area contributed by atoms with E-state index in [1.54, 1.807) is 28.8 Å². The second-order valence-corrected chi connectivity index (χ2v) is 10.3. The molecule has 2 saturated carbocycles. The van der Waals surface area contributed by atoms with Gasteiger partial charge in [0.2, 0.25) is 5.91 Å². The lowest BCUT2D eigenvalue weighted by Gasteiger charge is -2.34. The molecular weight excluding hydrogens is 476 g/mol. The summed E-state index contributed by atoms with van der Waals surface area (Å²) < 4.78 is 35.6. The molecule has 1 N–H and O–H groups in total. The average molecular weight is 510 g/mol. The molecule has 2 aromatic carbocycles. The van der Waals surface area contributed by atoms with Gasteiger partial charge < -0.3 is 14.6 Å². The molecular formula is C29H33F2N3O3. The molecule has 1 heterocycles. The van der Waals surface area contributed by atoms with Crippen LogP contribution in [0.3, 0.4) is 0 Å². The molecule has 2 fully saturated rings. The topological polar surface area (TPSA) is 73.2 Å². The van der Waals surface area contributed by atoms with Gasteiger partial charge in [-0.25, -0.2) is 18.6 Å². The maximum Gasteiger partial charge on any atom is 0.338 e. The molecule has 3 aromatic rings. The summed E-state index contributed by atoms with van der Waals surface area (Å²) in [6.45, 7) is 0. The Hall–Kier alpha value is -3.29. The fourth-order valence-corrected chi connectivity index (χ4v) is 6.05. The number of hydrogen-bond donors (Lipinski definition) is 1. The fourth-order valence-electron chi connectivity index (χ4n) is 6.05. The smallest absolute Gasteiger partial charge is 0.338 e. The minimum atomic E-state index is -1.01. The Kier molecular flexibility index (Phi) is 7.53. The second-order valence-electron chi connectivity index (χ2n) is 10.3. The highest BCUT2D eigenvalue weighted by atomic mass is 19.2. The van der Waals surface area contributed by atoms with Crippen LogP contribution in [0.5, 0.6) is 0 Å². The summed E-state index contributed by atoms with van der Waals surface area (Å²) in [6.07, 6.45) is 10.0. The van der Waals surface area contributed by atoms with Gasteiger partial charge in [-0.3, -0.25) is 4.79 Å². The number of esters is 1. The Labute approximate surface area is 215 Å².